The third-order valence-corrected chi connectivity index (χ3v) is 2.87. The molecule has 0 bridgehead atoms. The number of piperidine rings is 1. The molecule has 0 spiro atoms. The van der Waals surface area contributed by atoms with E-state index in [0.717, 1.165) is 0 Å². The number of nitrogens with one attached hydrogen (secondary N) is 1. The zero-order chi connectivity index (χ0) is 13.0. The number of nitrogens with zero attached hydrogens (tertiary/aromatic N) is 3. The Balaban J connectivity index is 1.83. The van der Waals surface area contributed by atoms with Gasteiger partial charge in [0, 0.05) is 31.5 Å². The molecule has 0 saturated carbocycles. The molecule has 1 amide bonds. The first-order chi connectivity index (χ1) is 8.66. The predicted molar refractivity (Wildman–Crippen MR) is 61.4 cm³/mol. The molecule has 5 nitrogen and oxygen atoms in total. The molecule has 2 rings (SSSR count). The Morgan fingerprint density at radius 2 is 1.94 bits per heavy atom. The molecule has 1 aromatic rings. The van der Waals surface area contributed by atoms with Gasteiger partial charge >= 0.3 is 6.43 Å². The van der Waals surface area contributed by atoms with E-state index in [1.807, 2.05) is 4.90 Å². The van der Waals surface area contributed by atoms with Crippen LogP contribution in [0.3, 0.4) is 0 Å². The lowest BCUT2D eigenvalue weighted by atomic mass is 10.1. The van der Waals surface area contributed by atoms with Gasteiger partial charge in [-0.25, -0.2) is 9.97 Å². The van der Waals surface area contributed by atoms with Gasteiger partial charge in [0.15, 0.2) is 0 Å². The van der Waals surface area contributed by atoms with Crippen molar-refractivity contribution < 1.29 is 13.6 Å². The maximum atomic E-state index is 12.1. The average Bonchev–Trinajstić information content (AvgIpc) is 2.40. The summed E-state index contributed by atoms with van der Waals surface area (Å²) in [4.78, 5) is 21.1. The maximum Gasteiger partial charge on any atom is 0.315 e. The van der Waals surface area contributed by atoms with Crippen molar-refractivity contribution in [2.24, 2.45) is 0 Å². The molecule has 18 heavy (non-hydrogen) atoms. The van der Waals surface area contributed by atoms with Crippen molar-refractivity contribution >= 4 is 11.9 Å². The number of hydrogen-bond acceptors (Lipinski definition) is 4. The van der Waals surface area contributed by atoms with Crippen molar-refractivity contribution in [3.63, 3.8) is 0 Å². The van der Waals surface area contributed by atoms with Crippen LogP contribution in [0.1, 0.15) is 12.8 Å². The number of halogens is 2. The molecule has 0 radical (unpaired) electrons. The van der Waals surface area contributed by atoms with E-state index in [1.165, 1.54) is 0 Å². The maximum absolute atomic E-state index is 12.1. The number of alkyl halides is 2. The van der Waals surface area contributed by atoms with Gasteiger partial charge < -0.3 is 10.2 Å². The summed E-state index contributed by atoms with van der Waals surface area (Å²) in [5, 5.41) is 2.33. The van der Waals surface area contributed by atoms with Crippen molar-refractivity contribution in [3.8, 4) is 0 Å². The topological polar surface area (TPSA) is 58.1 Å². The number of amides is 1. The van der Waals surface area contributed by atoms with E-state index in [4.69, 9.17) is 0 Å². The predicted octanol–water partition coefficient (Wildman–Crippen LogP) is 0.827. The molecular formula is C11H14F2N4O. The van der Waals surface area contributed by atoms with Crippen molar-refractivity contribution in [2.75, 3.05) is 18.0 Å². The third kappa shape index (κ3) is 3.12. The Labute approximate surface area is 103 Å². The van der Waals surface area contributed by atoms with Gasteiger partial charge in [-0.15, -0.1) is 0 Å². The fraction of sp³-hybridized carbons (Fsp3) is 0.545. The summed E-state index contributed by atoms with van der Waals surface area (Å²) in [7, 11) is 0. The summed E-state index contributed by atoms with van der Waals surface area (Å²) in [5.74, 6) is -0.555. The molecule has 1 aromatic heterocycles. The second kappa shape index (κ2) is 5.70. The molecule has 7 heteroatoms. The van der Waals surface area contributed by atoms with Crippen molar-refractivity contribution in [2.45, 2.75) is 25.3 Å². The highest BCUT2D eigenvalue weighted by atomic mass is 19.3. The fourth-order valence-electron chi connectivity index (χ4n) is 1.94. The molecular weight excluding hydrogens is 242 g/mol. The van der Waals surface area contributed by atoms with Gasteiger partial charge in [0.2, 0.25) is 5.95 Å². The standard InChI is InChI=1S/C11H14F2N4O/c12-9(13)10(18)16-8-2-6-17(7-3-8)11-14-4-1-5-15-11/h1,4-5,8-9H,2-3,6-7H2,(H,16,18). The molecule has 98 valence electrons. The summed E-state index contributed by atoms with van der Waals surface area (Å²) in [6.07, 6.45) is 1.62. The summed E-state index contributed by atoms with van der Waals surface area (Å²) in [6.45, 7) is 1.30. The lowest BCUT2D eigenvalue weighted by Gasteiger charge is -2.32. The van der Waals surface area contributed by atoms with E-state index in [2.05, 4.69) is 15.3 Å². The van der Waals surface area contributed by atoms with E-state index in [-0.39, 0.29) is 6.04 Å². The Bertz CT molecular complexity index is 393. The van der Waals surface area contributed by atoms with E-state index < -0.39 is 12.3 Å². The zero-order valence-electron chi connectivity index (χ0n) is 9.72. The average molecular weight is 256 g/mol. The molecule has 1 aliphatic heterocycles. The lowest BCUT2D eigenvalue weighted by Crippen LogP contribution is -2.46. The van der Waals surface area contributed by atoms with Gasteiger partial charge in [-0.2, -0.15) is 8.78 Å². The SMILES string of the molecule is O=C(NC1CCN(c2ncccn2)CC1)C(F)F. The van der Waals surface area contributed by atoms with Crippen molar-refractivity contribution in [1.82, 2.24) is 15.3 Å². The van der Waals surface area contributed by atoms with Crippen LogP contribution < -0.4 is 10.2 Å². The Morgan fingerprint density at radius 3 is 2.50 bits per heavy atom. The minimum Gasteiger partial charge on any atom is -0.348 e. The Hall–Kier alpha value is -1.79. The van der Waals surface area contributed by atoms with Crippen LogP contribution in [0.5, 0.6) is 0 Å². The molecule has 0 unspecified atom stereocenters. The summed E-state index contributed by atoms with van der Waals surface area (Å²) >= 11 is 0. The molecule has 1 fully saturated rings. The number of hydrogen-bond donors (Lipinski definition) is 1. The smallest absolute Gasteiger partial charge is 0.315 e. The summed E-state index contributed by atoms with van der Waals surface area (Å²) in [5.41, 5.74) is 0. The first-order valence-electron chi connectivity index (χ1n) is 5.77. The van der Waals surface area contributed by atoms with E-state index in [1.54, 1.807) is 18.5 Å². The monoisotopic (exact) mass is 256 g/mol. The van der Waals surface area contributed by atoms with Gasteiger partial charge in [-0.05, 0) is 18.9 Å². The van der Waals surface area contributed by atoms with Crippen molar-refractivity contribution in [3.05, 3.63) is 18.5 Å². The first-order valence-corrected chi connectivity index (χ1v) is 5.77. The molecule has 2 heterocycles. The second-order valence-corrected chi connectivity index (χ2v) is 4.12. The van der Waals surface area contributed by atoms with Crippen LogP contribution in [-0.4, -0.2) is 41.4 Å². The third-order valence-electron chi connectivity index (χ3n) is 2.87. The summed E-state index contributed by atoms with van der Waals surface area (Å²) in [6, 6.07) is 1.55. The number of anilines is 1. The quantitative estimate of drug-likeness (QED) is 0.870. The molecule has 0 aromatic carbocycles. The molecule has 1 N–H and O–H groups in total. The highest BCUT2D eigenvalue weighted by molar-refractivity contribution is 5.79. The lowest BCUT2D eigenvalue weighted by molar-refractivity contribution is -0.132. The molecule has 1 aliphatic rings. The molecule has 1 saturated heterocycles. The highest BCUT2D eigenvalue weighted by Gasteiger charge is 2.24. The van der Waals surface area contributed by atoms with E-state index in [0.29, 0.717) is 31.9 Å². The van der Waals surface area contributed by atoms with Crippen LogP contribution in [0, 0.1) is 0 Å². The number of aromatic nitrogens is 2. The first kappa shape index (κ1) is 12.7. The zero-order valence-corrected chi connectivity index (χ0v) is 9.72. The van der Waals surface area contributed by atoms with Crippen LogP contribution in [0.15, 0.2) is 18.5 Å². The molecule has 0 aliphatic carbocycles. The number of carbonyl (C=O) groups is 1. The largest absolute Gasteiger partial charge is 0.348 e. The minimum atomic E-state index is -2.94. The highest BCUT2D eigenvalue weighted by Crippen LogP contribution is 2.15. The summed E-state index contributed by atoms with van der Waals surface area (Å²) < 4.78 is 24.2. The van der Waals surface area contributed by atoms with Gasteiger partial charge in [0.1, 0.15) is 0 Å². The molecule has 0 atom stereocenters. The van der Waals surface area contributed by atoms with Crippen LogP contribution in [0.4, 0.5) is 14.7 Å². The van der Waals surface area contributed by atoms with Gasteiger partial charge in [-0.3, -0.25) is 4.79 Å². The van der Waals surface area contributed by atoms with Crippen LogP contribution in [0.2, 0.25) is 0 Å². The van der Waals surface area contributed by atoms with Gasteiger partial charge in [0.25, 0.3) is 5.91 Å². The van der Waals surface area contributed by atoms with Crippen LogP contribution in [-0.2, 0) is 4.79 Å². The van der Waals surface area contributed by atoms with E-state index in [9.17, 15) is 13.6 Å². The second-order valence-electron chi connectivity index (χ2n) is 4.12. The Morgan fingerprint density at radius 1 is 1.33 bits per heavy atom. The van der Waals surface area contributed by atoms with Crippen LogP contribution in [0.25, 0.3) is 0 Å². The van der Waals surface area contributed by atoms with Gasteiger partial charge in [0.05, 0.1) is 0 Å². The van der Waals surface area contributed by atoms with Gasteiger partial charge in [-0.1, -0.05) is 0 Å². The van der Waals surface area contributed by atoms with Crippen LogP contribution >= 0.6 is 0 Å². The van der Waals surface area contributed by atoms with E-state index >= 15 is 0 Å². The number of carbonyl (C=O) groups excluding carboxylic acids is 1. The fourth-order valence-corrected chi connectivity index (χ4v) is 1.94. The van der Waals surface area contributed by atoms with Crippen molar-refractivity contribution in [1.29, 1.82) is 0 Å². The normalized spacial score (nSPS) is 16.9. The number of rotatable bonds is 3. The minimum absolute atomic E-state index is 0.188. The Kier molecular flexibility index (Phi) is 4.01.